The van der Waals surface area contributed by atoms with E-state index in [1.807, 2.05) is 0 Å². The molecule has 4 nitrogen and oxygen atoms in total. The van der Waals surface area contributed by atoms with Gasteiger partial charge in [-0.1, -0.05) is 0 Å². The van der Waals surface area contributed by atoms with Gasteiger partial charge in [0.25, 0.3) is 0 Å². The van der Waals surface area contributed by atoms with E-state index < -0.39 is 0 Å². The third kappa shape index (κ3) is 3.18. The van der Waals surface area contributed by atoms with Crippen molar-refractivity contribution in [1.82, 2.24) is 5.32 Å². The molecule has 4 heteroatoms. The van der Waals surface area contributed by atoms with E-state index >= 15 is 0 Å². The highest BCUT2D eigenvalue weighted by Gasteiger charge is 2.41. The van der Waals surface area contributed by atoms with Crippen LogP contribution in [0, 0.1) is 5.92 Å². The van der Waals surface area contributed by atoms with E-state index in [0.29, 0.717) is 11.8 Å². The van der Waals surface area contributed by atoms with Crippen LogP contribution in [0.25, 0.3) is 0 Å². The van der Waals surface area contributed by atoms with E-state index in [1.165, 1.54) is 6.42 Å². The van der Waals surface area contributed by atoms with Gasteiger partial charge >= 0.3 is 0 Å². The second-order valence-corrected chi connectivity index (χ2v) is 6.30. The molecule has 0 aliphatic carbocycles. The van der Waals surface area contributed by atoms with Crippen LogP contribution in [0.1, 0.15) is 44.9 Å². The Bertz CT molecular complexity index is 314. The van der Waals surface area contributed by atoms with Gasteiger partial charge < -0.3 is 14.8 Å². The minimum atomic E-state index is -0.0556. The standard InChI is InChI=1S/C15H25NO3/c17-14(10-13-2-1-6-16-13)12-3-7-19-15(11-12)4-8-18-9-5-15/h12-13,16H,1-11H2. The molecule has 0 aromatic rings. The fourth-order valence-corrected chi connectivity index (χ4v) is 3.73. The highest BCUT2D eigenvalue weighted by atomic mass is 16.5. The van der Waals surface area contributed by atoms with Gasteiger partial charge in [0.15, 0.2) is 0 Å². The molecule has 1 N–H and O–H groups in total. The highest BCUT2D eigenvalue weighted by molar-refractivity contribution is 5.81. The predicted octanol–water partition coefficient (Wildman–Crippen LogP) is 1.67. The molecule has 3 aliphatic heterocycles. The van der Waals surface area contributed by atoms with Gasteiger partial charge in [-0.05, 0) is 45.1 Å². The first-order valence-corrected chi connectivity index (χ1v) is 7.75. The largest absolute Gasteiger partial charge is 0.381 e. The highest BCUT2D eigenvalue weighted by Crippen LogP contribution is 2.37. The molecule has 3 rings (SSSR count). The lowest BCUT2D eigenvalue weighted by atomic mass is 9.78. The topological polar surface area (TPSA) is 47.6 Å². The van der Waals surface area contributed by atoms with Crippen molar-refractivity contribution < 1.29 is 14.3 Å². The summed E-state index contributed by atoms with van der Waals surface area (Å²) in [7, 11) is 0. The summed E-state index contributed by atoms with van der Waals surface area (Å²) in [6.07, 6.45) is 6.84. The van der Waals surface area contributed by atoms with Gasteiger partial charge in [-0.25, -0.2) is 0 Å². The van der Waals surface area contributed by atoms with E-state index in [9.17, 15) is 4.79 Å². The molecule has 2 unspecified atom stereocenters. The number of rotatable bonds is 3. The van der Waals surface area contributed by atoms with Crippen molar-refractivity contribution >= 4 is 5.78 Å². The summed E-state index contributed by atoms with van der Waals surface area (Å²) in [5.41, 5.74) is -0.0556. The Balaban J connectivity index is 1.56. The van der Waals surface area contributed by atoms with Crippen molar-refractivity contribution in [3.63, 3.8) is 0 Å². The van der Waals surface area contributed by atoms with Crippen molar-refractivity contribution in [1.29, 1.82) is 0 Å². The lowest BCUT2D eigenvalue weighted by molar-refractivity contribution is -0.157. The summed E-state index contributed by atoms with van der Waals surface area (Å²) in [6.45, 7) is 3.39. The maximum atomic E-state index is 12.5. The SMILES string of the molecule is O=C(CC1CCCN1)C1CCOC2(CCOCC2)C1. The number of carbonyl (C=O) groups is 1. The van der Waals surface area contributed by atoms with Crippen molar-refractivity contribution in [2.24, 2.45) is 5.92 Å². The molecule has 19 heavy (non-hydrogen) atoms. The fraction of sp³-hybridized carbons (Fsp3) is 0.933. The van der Waals surface area contributed by atoms with Crippen LogP contribution < -0.4 is 5.32 Å². The first kappa shape index (κ1) is 13.5. The number of Topliss-reactive ketones (excluding diaryl/α,β-unsaturated/α-hetero) is 1. The van der Waals surface area contributed by atoms with Crippen LogP contribution in [0.2, 0.25) is 0 Å². The lowest BCUT2D eigenvalue weighted by Gasteiger charge is -2.43. The van der Waals surface area contributed by atoms with Gasteiger partial charge in [0.2, 0.25) is 0 Å². The van der Waals surface area contributed by atoms with Crippen molar-refractivity contribution in [3.05, 3.63) is 0 Å². The van der Waals surface area contributed by atoms with E-state index in [0.717, 1.165) is 64.9 Å². The maximum absolute atomic E-state index is 12.5. The zero-order valence-corrected chi connectivity index (χ0v) is 11.7. The van der Waals surface area contributed by atoms with Gasteiger partial charge in [-0.2, -0.15) is 0 Å². The van der Waals surface area contributed by atoms with Gasteiger partial charge in [0.05, 0.1) is 5.60 Å². The van der Waals surface area contributed by atoms with E-state index in [4.69, 9.17) is 9.47 Å². The average Bonchev–Trinajstić information content (AvgIpc) is 2.92. The molecule has 0 saturated carbocycles. The molecular formula is C15H25NO3. The Labute approximate surface area is 115 Å². The minimum Gasteiger partial charge on any atom is -0.381 e. The first-order valence-electron chi connectivity index (χ1n) is 7.75. The molecule has 0 radical (unpaired) electrons. The van der Waals surface area contributed by atoms with E-state index in [2.05, 4.69) is 5.32 Å². The molecule has 3 aliphatic rings. The number of ether oxygens (including phenoxy) is 2. The zero-order valence-electron chi connectivity index (χ0n) is 11.7. The first-order chi connectivity index (χ1) is 9.27. The van der Waals surface area contributed by atoms with Gasteiger partial charge in [0.1, 0.15) is 5.78 Å². The Hall–Kier alpha value is -0.450. The predicted molar refractivity (Wildman–Crippen MR) is 72.1 cm³/mol. The van der Waals surface area contributed by atoms with Crippen LogP contribution in [-0.2, 0) is 14.3 Å². The molecule has 1 spiro atoms. The zero-order chi connectivity index (χ0) is 13.1. The lowest BCUT2D eigenvalue weighted by Crippen LogP contribution is -2.46. The monoisotopic (exact) mass is 267 g/mol. The number of ketones is 1. The van der Waals surface area contributed by atoms with Crippen molar-refractivity contribution in [3.8, 4) is 0 Å². The van der Waals surface area contributed by atoms with Crippen molar-refractivity contribution in [2.75, 3.05) is 26.4 Å². The molecule has 0 aromatic heterocycles. The second kappa shape index (κ2) is 5.90. The molecule has 0 amide bonds. The van der Waals surface area contributed by atoms with Crippen LogP contribution in [0.4, 0.5) is 0 Å². The van der Waals surface area contributed by atoms with E-state index in [1.54, 1.807) is 0 Å². The number of hydrogen-bond donors (Lipinski definition) is 1. The summed E-state index contributed by atoms with van der Waals surface area (Å²) in [6, 6.07) is 0.431. The van der Waals surface area contributed by atoms with Gasteiger partial charge in [0, 0.05) is 38.2 Å². The molecule has 3 heterocycles. The van der Waals surface area contributed by atoms with Crippen LogP contribution in [0.5, 0.6) is 0 Å². The molecule has 2 atom stereocenters. The quantitative estimate of drug-likeness (QED) is 0.845. The molecule has 3 saturated heterocycles. The minimum absolute atomic E-state index is 0.0556. The summed E-state index contributed by atoms with van der Waals surface area (Å²) in [5, 5.41) is 3.43. The van der Waals surface area contributed by atoms with Crippen LogP contribution in [0.3, 0.4) is 0 Å². The summed E-state index contributed by atoms with van der Waals surface area (Å²) in [5.74, 6) is 0.669. The smallest absolute Gasteiger partial charge is 0.137 e. The summed E-state index contributed by atoms with van der Waals surface area (Å²) < 4.78 is 11.4. The van der Waals surface area contributed by atoms with Crippen LogP contribution in [-0.4, -0.2) is 43.8 Å². The molecule has 3 fully saturated rings. The molecule has 0 bridgehead atoms. The number of hydrogen-bond acceptors (Lipinski definition) is 4. The molecule has 0 aromatic carbocycles. The normalized spacial score (nSPS) is 34.5. The number of carbonyl (C=O) groups excluding carboxylic acids is 1. The van der Waals surface area contributed by atoms with Gasteiger partial charge in [-0.15, -0.1) is 0 Å². The maximum Gasteiger partial charge on any atom is 0.137 e. The average molecular weight is 267 g/mol. The second-order valence-electron chi connectivity index (χ2n) is 6.30. The van der Waals surface area contributed by atoms with E-state index in [-0.39, 0.29) is 11.5 Å². The van der Waals surface area contributed by atoms with Crippen LogP contribution >= 0.6 is 0 Å². The molecule has 108 valence electrons. The number of nitrogens with one attached hydrogen (secondary N) is 1. The van der Waals surface area contributed by atoms with Crippen molar-refractivity contribution in [2.45, 2.75) is 56.6 Å². The Kier molecular flexibility index (Phi) is 4.20. The fourth-order valence-electron chi connectivity index (χ4n) is 3.73. The third-order valence-electron chi connectivity index (χ3n) is 4.96. The Morgan fingerprint density at radius 2 is 2.05 bits per heavy atom. The van der Waals surface area contributed by atoms with Crippen LogP contribution in [0.15, 0.2) is 0 Å². The van der Waals surface area contributed by atoms with Gasteiger partial charge in [-0.3, -0.25) is 4.79 Å². The summed E-state index contributed by atoms with van der Waals surface area (Å²) >= 11 is 0. The molecular weight excluding hydrogens is 242 g/mol. The Morgan fingerprint density at radius 3 is 2.79 bits per heavy atom. The summed E-state index contributed by atoms with van der Waals surface area (Å²) in [4.78, 5) is 12.5. The third-order valence-corrected chi connectivity index (χ3v) is 4.96. The Morgan fingerprint density at radius 1 is 1.21 bits per heavy atom.